The largest absolute Gasteiger partial charge is 0.378 e. The molecule has 0 aromatic carbocycles. The fraction of sp³-hybridized carbons (Fsp3) is 0.364. The molecular formula is C22H28N4O. The maximum Gasteiger partial charge on any atom is 0.258 e. The molecule has 1 fully saturated rings. The third-order valence-electron chi connectivity index (χ3n) is 5.13. The van der Waals surface area contributed by atoms with Crippen molar-refractivity contribution in [2.24, 2.45) is 0 Å². The van der Waals surface area contributed by atoms with Crippen molar-refractivity contribution in [3.05, 3.63) is 76.5 Å². The summed E-state index contributed by atoms with van der Waals surface area (Å²) in [6.45, 7) is 8.01. The molecular weight excluding hydrogens is 336 g/mol. The number of nitrogens with zero attached hydrogens (tertiary/aromatic N) is 3. The molecule has 0 unspecified atom stereocenters. The van der Waals surface area contributed by atoms with Crippen LogP contribution in [0.3, 0.4) is 0 Å². The maximum absolute atomic E-state index is 12.7. The fourth-order valence-electron chi connectivity index (χ4n) is 3.33. The number of hydrogen-bond acceptors (Lipinski definition) is 4. The molecule has 1 saturated heterocycles. The average Bonchev–Trinajstić information content (AvgIpc) is 2.68. The number of likely N-dealkylation sites (N-methyl/N-ethyl adjacent to an activating group) is 1. The lowest BCUT2D eigenvalue weighted by molar-refractivity contribution is 0.459. The summed E-state index contributed by atoms with van der Waals surface area (Å²) in [5.41, 5.74) is 4.31. The molecule has 0 saturated carbocycles. The Kier molecular flexibility index (Phi) is 5.91. The van der Waals surface area contributed by atoms with Crippen LogP contribution in [0.5, 0.6) is 0 Å². The predicted octanol–water partition coefficient (Wildman–Crippen LogP) is 3.20. The first-order chi connectivity index (χ1) is 13.0. The lowest BCUT2D eigenvalue weighted by Crippen LogP contribution is -2.27. The molecule has 0 bridgehead atoms. The van der Waals surface area contributed by atoms with Gasteiger partial charge in [-0.3, -0.25) is 9.20 Å². The van der Waals surface area contributed by atoms with Crippen LogP contribution in [-0.4, -0.2) is 41.5 Å². The Hall–Kier alpha value is -2.66. The van der Waals surface area contributed by atoms with E-state index in [1.54, 1.807) is 10.5 Å². The fourth-order valence-corrected chi connectivity index (χ4v) is 3.33. The zero-order valence-electron chi connectivity index (χ0n) is 16.4. The highest BCUT2D eigenvalue weighted by Gasteiger charge is 2.16. The highest BCUT2D eigenvalue weighted by atomic mass is 16.1. The molecule has 1 aliphatic heterocycles. The number of pyridine rings is 1. The van der Waals surface area contributed by atoms with Gasteiger partial charge in [0.25, 0.3) is 5.56 Å². The number of aromatic nitrogens is 2. The number of nitrogens with one attached hydrogen (secondary N) is 1. The van der Waals surface area contributed by atoms with E-state index in [1.165, 1.54) is 5.56 Å². The molecule has 5 heteroatoms. The van der Waals surface area contributed by atoms with Gasteiger partial charge < -0.3 is 10.2 Å². The van der Waals surface area contributed by atoms with Crippen LogP contribution in [0.2, 0.25) is 0 Å². The molecule has 3 heterocycles. The van der Waals surface area contributed by atoms with Crippen molar-refractivity contribution in [3.63, 3.8) is 0 Å². The summed E-state index contributed by atoms with van der Waals surface area (Å²) in [4.78, 5) is 19.4. The van der Waals surface area contributed by atoms with E-state index >= 15 is 0 Å². The minimum absolute atomic E-state index is 0.0510. The zero-order chi connectivity index (χ0) is 19.4. The van der Waals surface area contributed by atoms with Crippen LogP contribution in [0.4, 0.5) is 0 Å². The Morgan fingerprint density at radius 2 is 2.04 bits per heavy atom. The van der Waals surface area contributed by atoms with Gasteiger partial charge in [0, 0.05) is 32.1 Å². The molecule has 0 radical (unpaired) electrons. The Balaban J connectivity index is 1.94. The molecule has 1 aliphatic rings. The first-order valence-corrected chi connectivity index (χ1v) is 9.44. The van der Waals surface area contributed by atoms with E-state index in [9.17, 15) is 4.79 Å². The zero-order valence-corrected chi connectivity index (χ0v) is 16.4. The Bertz CT molecular complexity index is 946. The van der Waals surface area contributed by atoms with Crippen LogP contribution in [0.25, 0.3) is 11.2 Å². The molecule has 3 rings (SSSR count). The molecule has 5 nitrogen and oxygen atoms in total. The summed E-state index contributed by atoms with van der Waals surface area (Å²) in [6.07, 6.45) is 10.0. The summed E-state index contributed by atoms with van der Waals surface area (Å²) in [5.74, 6) is 0.508. The number of allylic oxidation sites excluding steroid dienone is 4. The monoisotopic (exact) mass is 364 g/mol. The van der Waals surface area contributed by atoms with Gasteiger partial charge >= 0.3 is 0 Å². The second-order valence-corrected chi connectivity index (χ2v) is 7.16. The van der Waals surface area contributed by atoms with E-state index < -0.39 is 0 Å². The van der Waals surface area contributed by atoms with Crippen LogP contribution in [0, 0.1) is 0 Å². The van der Waals surface area contributed by atoms with Crippen molar-refractivity contribution < 1.29 is 0 Å². The Morgan fingerprint density at radius 1 is 1.30 bits per heavy atom. The molecule has 0 spiro atoms. The van der Waals surface area contributed by atoms with Crippen molar-refractivity contribution in [1.29, 1.82) is 0 Å². The second kappa shape index (κ2) is 8.35. The van der Waals surface area contributed by atoms with E-state index in [2.05, 4.69) is 18.0 Å². The van der Waals surface area contributed by atoms with Crippen LogP contribution in [0.1, 0.15) is 36.9 Å². The van der Waals surface area contributed by atoms with Crippen LogP contribution in [-0.2, 0) is 0 Å². The minimum atomic E-state index is -0.0510. The van der Waals surface area contributed by atoms with E-state index in [0.717, 1.165) is 37.2 Å². The second-order valence-electron chi connectivity index (χ2n) is 7.16. The van der Waals surface area contributed by atoms with Crippen molar-refractivity contribution in [2.75, 3.05) is 27.2 Å². The Morgan fingerprint density at radius 3 is 2.70 bits per heavy atom. The summed E-state index contributed by atoms with van der Waals surface area (Å²) >= 11 is 0. The number of rotatable bonds is 5. The van der Waals surface area contributed by atoms with Crippen LogP contribution in [0.15, 0.2) is 59.7 Å². The smallest absolute Gasteiger partial charge is 0.258 e. The van der Waals surface area contributed by atoms with Gasteiger partial charge in [0.15, 0.2) is 0 Å². The van der Waals surface area contributed by atoms with Crippen molar-refractivity contribution in [2.45, 2.75) is 25.7 Å². The van der Waals surface area contributed by atoms with E-state index in [4.69, 9.17) is 4.98 Å². The Labute approximate surface area is 160 Å². The first-order valence-electron chi connectivity index (χ1n) is 9.44. The first kappa shape index (κ1) is 19.1. The lowest BCUT2D eigenvalue weighted by Gasteiger charge is -2.23. The van der Waals surface area contributed by atoms with Gasteiger partial charge in [0.2, 0.25) is 0 Å². The van der Waals surface area contributed by atoms with E-state index in [-0.39, 0.29) is 5.56 Å². The topological polar surface area (TPSA) is 49.6 Å². The third kappa shape index (κ3) is 4.37. The van der Waals surface area contributed by atoms with Gasteiger partial charge in [-0.1, -0.05) is 24.8 Å². The standard InChI is InChI=1S/C22H28N4O/c1-5-17(7-6-16(2)25(3)4)20-14-22(27)26-15-19(8-9-21(26)24-20)18-10-12-23-13-11-18/h5-9,14-15,18,23H,2,10-13H2,1,3-4H3/b7-6-,17-5+. The molecule has 0 aliphatic carbocycles. The molecule has 142 valence electrons. The van der Waals surface area contributed by atoms with Gasteiger partial charge in [-0.25, -0.2) is 4.98 Å². The molecule has 2 aromatic rings. The SMILES string of the molecule is C=C(/C=C\C(=C/C)c1cc(=O)n2cc(C3CCNCC3)ccc2n1)N(C)C. The van der Waals surface area contributed by atoms with Crippen LogP contribution >= 0.6 is 0 Å². The average molecular weight is 364 g/mol. The quantitative estimate of drug-likeness (QED) is 0.828. The minimum Gasteiger partial charge on any atom is -0.378 e. The molecule has 27 heavy (non-hydrogen) atoms. The predicted molar refractivity (Wildman–Crippen MR) is 112 cm³/mol. The van der Waals surface area contributed by atoms with Crippen molar-refractivity contribution in [3.8, 4) is 0 Å². The molecule has 0 amide bonds. The lowest BCUT2D eigenvalue weighted by atomic mass is 9.91. The summed E-state index contributed by atoms with van der Waals surface area (Å²) < 4.78 is 1.66. The molecule has 1 N–H and O–H groups in total. The maximum atomic E-state index is 12.7. The van der Waals surface area contributed by atoms with Gasteiger partial charge in [-0.2, -0.15) is 0 Å². The summed E-state index contributed by atoms with van der Waals surface area (Å²) in [7, 11) is 3.89. The third-order valence-corrected chi connectivity index (χ3v) is 5.13. The highest BCUT2D eigenvalue weighted by molar-refractivity contribution is 5.72. The summed E-state index contributed by atoms with van der Waals surface area (Å²) in [6, 6.07) is 5.68. The number of piperidine rings is 1. The van der Waals surface area contributed by atoms with Gasteiger partial charge in [0.05, 0.1) is 5.69 Å². The van der Waals surface area contributed by atoms with Gasteiger partial charge in [-0.05, 0) is 62.1 Å². The number of hydrogen-bond donors (Lipinski definition) is 1. The molecule has 0 atom stereocenters. The van der Waals surface area contributed by atoms with Gasteiger partial charge in [0.1, 0.15) is 5.65 Å². The van der Waals surface area contributed by atoms with Crippen molar-refractivity contribution in [1.82, 2.24) is 19.6 Å². The van der Waals surface area contributed by atoms with E-state index in [1.807, 2.05) is 56.4 Å². The normalized spacial score (nSPS) is 16.2. The van der Waals surface area contributed by atoms with E-state index in [0.29, 0.717) is 17.3 Å². The van der Waals surface area contributed by atoms with Crippen molar-refractivity contribution >= 4 is 11.2 Å². The van der Waals surface area contributed by atoms with Crippen LogP contribution < -0.4 is 10.9 Å². The molecule has 2 aromatic heterocycles. The van der Waals surface area contributed by atoms with Gasteiger partial charge in [-0.15, -0.1) is 0 Å². The highest BCUT2D eigenvalue weighted by Crippen LogP contribution is 2.25. The number of fused-ring (bicyclic) bond motifs is 1. The summed E-state index contributed by atoms with van der Waals surface area (Å²) in [5, 5.41) is 3.38.